The van der Waals surface area contributed by atoms with E-state index in [9.17, 15) is 0 Å². The molecule has 0 saturated carbocycles. The molecule has 1 atom stereocenters. The first-order valence-electron chi connectivity index (χ1n) is 6.88. The van der Waals surface area contributed by atoms with Gasteiger partial charge in [0.15, 0.2) is 0 Å². The molecule has 1 saturated heterocycles. The predicted octanol–water partition coefficient (Wildman–Crippen LogP) is 2.37. The number of nitrogens with two attached hydrogens (primary N) is 1. The molecule has 1 aromatic carbocycles. The Labute approximate surface area is 113 Å². The fourth-order valence-corrected chi connectivity index (χ4v) is 2.91. The first-order chi connectivity index (χ1) is 9.33. The summed E-state index contributed by atoms with van der Waals surface area (Å²) >= 11 is 0. The summed E-state index contributed by atoms with van der Waals surface area (Å²) in [5, 5.41) is 7.10. The van der Waals surface area contributed by atoms with Gasteiger partial charge in [-0.3, -0.25) is 10.00 Å². The van der Waals surface area contributed by atoms with Gasteiger partial charge in [-0.15, -0.1) is 0 Å². The number of hydrogen-bond donors (Lipinski definition) is 2. The highest BCUT2D eigenvalue weighted by atomic mass is 15.2. The second-order valence-electron chi connectivity index (χ2n) is 5.30. The van der Waals surface area contributed by atoms with Crippen LogP contribution in [0, 0.1) is 0 Å². The summed E-state index contributed by atoms with van der Waals surface area (Å²) in [5.41, 5.74) is 9.24. The van der Waals surface area contributed by atoms with E-state index < -0.39 is 0 Å². The number of aromatic nitrogens is 2. The van der Waals surface area contributed by atoms with Crippen molar-refractivity contribution in [2.75, 3.05) is 18.8 Å². The van der Waals surface area contributed by atoms with Crippen LogP contribution in [0.2, 0.25) is 0 Å². The van der Waals surface area contributed by atoms with E-state index in [-0.39, 0.29) is 0 Å². The maximum atomic E-state index is 5.96. The van der Waals surface area contributed by atoms with Crippen LogP contribution >= 0.6 is 0 Å². The van der Waals surface area contributed by atoms with Crippen molar-refractivity contribution in [3.05, 3.63) is 47.8 Å². The lowest BCUT2D eigenvalue weighted by atomic mass is 9.94. The van der Waals surface area contributed by atoms with Gasteiger partial charge >= 0.3 is 0 Å². The zero-order valence-corrected chi connectivity index (χ0v) is 11.0. The lowest BCUT2D eigenvalue weighted by Crippen LogP contribution is -2.34. The van der Waals surface area contributed by atoms with Crippen molar-refractivity contribution < 1.29 is 0 Å². The molecule has 3 N–H and O–H groups in total. The molecule has 2 heterocycles. The van der Waals surface area contributed by atoms with Gasteiger partial charge in [0.2, 0.25) is 0 Å². The summed E-state index contributed by atoms with van der Waals surface area (Å²) < 4.78 is 0. The third kappa shape index (κ3) is 2.79. The van der Waals surface area contributed by atoms with Gasteiger partial charge < -0.3 is 5.73 Å². The number of piperidine rings is 1. The molecule has 4 nitrogen and oxygen atoms in total. The van der Waals surface area contributed by atoms with Crippen LogP contribution in [0.25, 0.3) is 0 Å². The lowest BCUT2D eigenvalue weighted by Gasteiger charge is -2.32. The molecule has 19 heavy (non-hydrogen) atoms. The molecule has 1 fully saturated rings. The molecule has 0 bridgehead atoms. The van der Waals surface area contributed by atoms with Crippen LogP contribution in [-0.4, -0.2) is 28.2 Å². The van der Waals surface area contributed by atoms with Gasteiger partial charge in [0.1, 0.15) is 0 Å². The molecule has 3 rings (SSSR count). The number of rotatable bonds is 3. The summed E-state index contributed by atoms with van der Waals surface area (Å²) in [6.07, 6.45) is 4.12. The molecule has 4 heteroatoms. The Morgan fingerprint density at radius 3 is 2.89 bits per heavy atom. The van der Waals surface area contributed by atoms with E-state index in [1.54, 1.807) is 6.20 Å². The van der Waals surface area contributed by atoms with Crippen LogP contribution in [0.5, 0.6) is 0 Å². The maximum Gasteiger partial charge on any atom is 0.0733 e. The highest BCUT2D eigenvalue weighted by Gasteiger charge is 2.23. The molecular formula is C15H20N4. The average molecular weight is 256 g/mol. The van der Waals surface area contributed by atoms with Crippen molar-refractivity contribution in [2.24, 2.45) is 0 Å². The van der Waals surface area contributed by atoms with E-state index in [4.69, 9.17) is 5.73 Å². The Kier molecular flexibility index (Phi) is 3.51. The smallest absolute Gasteiger partial charge is 0.0733 e. The van der Waals surface area contributed by atoms with E-state index in [0.29, 0.717) is 5.92 Å². The standard InChI is InChI=1S/C15H20N4/c16-14-9-17-18-15(14)13-7-4-8-19(11-13)10-12-5-2-1-3-6-12/h1-3,5-6,9,13H,4,7-8,10-11,16H2,(H,17,18). The summed E-state index contributed by atoms with van der Waals surface area (Å²) in [6.45, 7) is 3.24. The Balaban J connectivity index is 1.67. The molecule has 1 aromatic heterocycles. The molecule has 1 unspecified atom stereocenters. The van der Waals surface area contributed by atoms with Crippen molar-refractivity contribution in [1.82, 2.24) is 15.1 Å². The molecule has 0 amide bonds. The number of H-pyrrole nitrogens is 1. The Hall–Kier alpha value is -1.81. The highest BCUT2D eigenvalue weighted by Crippen LogP contribution is 2.29. The molecule has 0 aliphatic carbocycles. The molecule has 0 spiro atoms. The summed E-state index contributed by atoms with van der Waals surface area (Å²) in [4.78, 5) is 2.50. The number of likely N-dealkylation sites (tertiary alicyclic amines) is 1. The Bertz CT molecular complexity index is 520. The minimum atomic E-state index is 0.486. The monoisotopic (exact) mass is 256 g/mol. The second kappa shape index (κ2) is 5.45. The molecule has 1 aliphatic heterocycles. The predicted molar refractivity (Wildman–Crippen MR) is 76.7 cm³/mol. The molecule has 0 radical (unpaired) electrons. The number of nitrogens with zero attached hydrogens (tertiary/aromatic N) is 2. The van der Waals surface area contributed by atoms with Crippen LogP contribution < -0.4 is 5.73 Å². The van der Waals surface area contributed by atoms with E-state index in [1.807, 2.05) is 0 Å². The Morgan fingerprint density at radius 1 is 1.32 bits per heavy atom. The van der Waals surface area contributed by atoms with Crippen LogP contribution in [0.3, 0.4) is 0 Å². The number of nitrogens with one attached hydrogen (secondary N) is 1. The van der Waals surface area contributed by atoms with Crippen molar-refractivity contribution in [2.45, 2.75) is 25.3 Å². The SMILES string of the molecule is Nc1cn[nH]c1C1CCCN(Cc2ccccc2)C1. The van der Waals surface area contributed by atoms with Crippen molar-refractivity contribution >= 4 is 5.69 Å². The van der Waals surface area contributed by atoms with Gasteiger partial charge in [-0.1, -0.05) is 30.3 Å². The third-order valence-corrected chi connectivity index (χ3v) is 3.86. The number of nitrogen functional groups attached to an aromatic ring is 1. The van der Waals surface area contributed by atoms with E-state index in [1.165, 1.54) is 24.9 Å². The second-order valence-corrected chi connectivity index (χ2v) is 5.30. The van der Waals surface area contributed by atoms with E-state index in [2.05, 4.69) is 45.4 Å². The van der Waals surface area contributed by atoms with Crippen LogP contribution in [0.1, 0.15) is 30.0 Å². The number of anilines is 1. The Morgan fingerprint density at radius 2 is 2.16 bits per heavy atom. The van der Waals surface area contributed by atoms with Crippen LogP contribution in [0.4, 0.5) is 5.69 Å². The zero-order valence-electron chi connectivity index (χ0n) is 11.0. The summed E-state index contributed by atoms with van der Waals surface area (Å²) in [6, 6.07) is 10.6. The summed E-state index contributed by atoms with van der Waals surface area (Å²) in [7, 11) is 0. The van der Waals surface area contributed by atoms with Crippen LogP contribution in [0.15, 0.2) is 36.5 Å². The van der Waals surface area contributed by atoms with Gasteiger partial charge in [-0.2, -0.15) is 5.10 Å². The van der Waals surface area contributed by atoms with Crippen molar-refractivity contribution in [3.63, 3.8) is 0 Å². The normalized spacial score (nSPS) is 20.5. The van der Waals surface area contributed by atoms with Gasteiger partial charge in [0, 0.05) is 19.0 Å². The molecule has 1 aliphatic rings. The highest BCUT2D eigenvalue weighted by molar-refractivity contribution is 5.42. The van der Waals surface area contributed by atoms with Gasteiger partial charge in [0.25, 0.3) is 0 Å². The van der Waals surface area contributed by atoms with Gasteiger partial charge in [-0.05, 0) is 24.9 Å². The third-order valence-electron chi connectivity index (χ3n) is 3.86. The summed E-state index contributed by atoms with van der Waals surface area (Å²) in [5.74, 6) is 0.486. The first-order valence-corrected chi connectivity index (χ1v) is 6.88. The maximum absolute atomic E-state index is 5.96. The van der Waals surface area contributed by atoms with E-state index in [0.717, 1.165) is 24.5 Å². The largest absolute Gasteiger partial charge is 0.396 e. The average Bonchev–Trinajstić information content (AvgIpc) is 2.86. The molecule has 100 valence electrons. The number of benzene rings is 1. The fourth-order valence-electron chi connectivity index (χ4n) is 2.91. The fraction of sp³-hybridized carbons (Fsp3) is 0.400. The quantitative estimate of drug-likeness (QED) is 0.886. The van der Waals surface area contributed by atoms with Crippen molar-refractivity contribution in [3.8, 4) is 0 Å². The van der Waals surface area contributed by atoms with E-state index >= 15 is 0 Å². The van der Waals surface area contributed by atoms with Crippen molar-refractivity contribution in [1.29, 1.82) is 0 Å². The first kappa shape index (κ1) is 12.2. The molecule has 2 aromatic rings. The topological polar surface area (TPSA) is 57.9 Å². The van der Waals surface area contributed by atoms with Gasteiger partial charge in [-0.25, -0.2) is 0 Å². The molecular weight excluding hydrogens is 236 g/mol. The zero-order chi connectivity index (χ0) is 13.1. The minimum absolute atomic E-state index is 0.486. The lowest BCUT2D eigenvalue weighted by molar-refractivity contribution is 0.198. The number of hydrogen-bond acceptors (Lipinski definition) is 3. The van der Waals surface area contributed by atoms with Gasteiger partial charge in [0.05, 0.1) is 17.6 Å². The minimum Gasteiger partial charge on any atom is -0.396 e. The van der Waals surface area contributed by atoms with Crippen LogP contribution in [-0.2, 0) is 6.54 Å². The number of aromatic amines is 1.